The highest BCUT2D eigenvalue weighted by Gasteiger charge is 2.03. The fourth-order valence-electron chi connectivity index (χ4n) is 1.36. The van der Waals surface area contributed by atoms with Gasteiger partial charge < -0.3 is 5.32 Å². The molecule has 1 atom stereocenters. The SMILES string of the molecule is CC(NCCCC#N)c1ccc(F)cc1. The third kappa shape index (κ3) is 4.09. The van der Waals surface area contributed by atoms with Crippen molar-refractivity contribution in [2.24, 2.45) is 0 Å². The number of nitrogens with zero attached hydrogens (tertiary/aromatic N) is 1. The van der Waals surface area contributed by atoms with E-state index in [1.54, 1.807) is 12.1 Å². The molecule has 1 aromatic carbocycles. The Morgan fingerprint density at radius 2 is 2.07 bits per heavy atom. The molecule has 3 heteroatoms. The van der Waals surface area contributed by atoms with Crippen molar-refractivity contribution >= 4 is 0 Å². The quantitative estimate of drug-likeness (QED) is 0.752. The van der Waals surface area contributed by atoms with Crippen LogP contribution in [-0.4, -0.2) is 6.54 Å². The zero-order chi connectivity index (χ0) is 11.1. The van der Waals surface area contributed by atoms with Gasteiger partial charge in [0, 0.05) is 12.5 Å². The number of nitrogens with one attached hydrogen (secondary N) is 1. The molecule has 0 spiro atoms. The maximum absolute atomic E-state index is 12.6. The van der Waals surface area contributed by atoms with Crippen LogP contribution >= 0.6 is 0 Å². The fraction of sp³-hybridized carbons (Fsp3) is 0.417. The summed E-state index contributed by atoms with van der Waals surface area (Å²) in [6.45, 7) is 2.84. The van der Waals surface area contributed by atoms with Crippen LogP contribution < -0.4 is 5.32 Å². The Labute approximate surface area is 89.7 Å². The molecular formula is C12H15FN2. The Bertz CT molecular complexity index is 326. The van der Waals surface area contributed by atoms with E-state index in [1.807, 2.05) is 6.92 Å². The van der Waals surface area contributed by atoms with E-state index in [4.69, 9.17) is 5.26 Å². The van der Waals surface area contributed by atoms with Crippen LogP contribution in [0.4, 0.5) is 4.39 Å². The third-order valence-corrected chi connectivity index (χ3v) is 2.29. The zero-order valence-electron chi connectivity index (χ0n) is 8.83. The van der Waals surface area contributed by atoms with Crippen molar-refractivity contribution in [3.05, 3.63) is 35.6 Å². The molecule has 0 fully saturated rings. The molecule has 1 aromatic rings. The first-order valence-corrected chi connectivity index (χ1v) is 5.10. The van der Waals surface area contributed by atoms with E-state index < -0.39 is 0 Å². The van der Waals surface area contributed by atoms with Crippen molar-refractivity contribution in [3.8, 4) is 6.07 Å². The van der Waals surface area contributed by atoms with E-state index in [0.717, 1.165) is 18.5 Å². The average Bonchev–Trinajstić information content (AvgIpc) is 2.25. The van der Waals surface area contributed by atoms with Crippen molar-refractivity contribution in [2.45, 2.75) is 25.8 Å². The summed E-state index contributed by atoms with van der Waals surface area (Å²) in [4.78, 5) is 0. The molecule has 80 valence electrons. The lowest BCUT2D eigenvalue weighted by molar-refractivity contribution is 0.559. The van der Waals surface area contributed by atoms with E-state index in [0.29, 0.717) is 6.42 Å². The monoisotopic (exact) mass is 206 g/mol. The van der Waals surface area contributed by atoms with E-state index >= 15 is 0 Å². The fourth-order valence-corrected chi connectivity index (χ4v) is 1.36. The highest BCUT2D eigenvalue weighted by Crippen LogP contribution is 2.12. The van der Waals surface area contributed by atoms with Crippen molar-refractivity contribution in [3.63, 3.8) is 0 Å². The van der Waals surface area contributed by atoms with Crippen LogP contribution in [0.5, 0.6) is 0 Å². The van der Waals surface area contributed by atoms with Gasteiger partial charge in [-0.2, -0.15) is 5.26 Å². The summed E-state index contributed by atoms with van der Waals surface area (Å²) in [6, 6.07) is 8.77. The Balaban J connectivity index is 2.37. The maximum atomic E-state index is 12.6. The van der Waals surface area contributed by atoms with Gasteiger partial charge in [0.1, 0.15) is 5.82 Å². The summed E-state index contributed by atoms with van der Waals surface area (Å²) in [5, 5.41) is 11.6. The van der Waals surface area contributed by atoms with Gasteiger partial charge in [0.15, 0.2) is 0 Å². The maximum Gasteiger partial charge on any atom is 0.123 e. The minimum Gasteiger partial charge on any atom is -0.310 e. The summed E-state index contributed by atoms with van der Waals surface area (Å²) >= 11 is 0. The van der Waals surface area contributed by atoms with Crippen LogP contribution in [-0.2, 0) is 0 Å². The molecule has 0 aliphatic rings. The Morgan fingerprint density at radius 3 is 2.67 bits per heavy atom. The number of benzene rings is 1. The van der Waals surface area contributed by atoms with Crippen LogP contribution in [0.25, 0.3) is 0 Å². The van der Waals surface area contributed by atoms with E-state index in [2.05, 4.69) is 11.4 Å². The van der Waals surface area contributed by atoms with Gasteiger partial charge in [-0.05, 0) is 37.6 Å². The van der Waals surface area contributed by atoms with Gasteiger partial charge in [0.05, 0.1) is 6.07 Å². The number of rotatable bonds is 5. The topological polar surface area (TPSA) is 35.8 Å². The smallest absolute Gasteiger partial charge is 0.123 e. The number of hydrogen-bond acceptors (Lipinski definition) is 2. The summed E-state index contributed by atoms with van der Waals surface area (Å²) in [5.41, 5.74) is 1.06. The number of halogens is 1. The van der Waals surface area contributed by atoms with E-state index in [-0.39, 0.29) is 11.9 Å². The van der Waals surface area contributed by atoms with Gasteiger partial charge in [-0.3, -0.25) is 0 Å². The normalized spacial score (nSPS) is 12.1. The Morgan fingerprint density at radius 1 is 1.40 bits per heavy atom. The molecule has 0 amide bonds. The summed E-state index contributed by atoms with van der Waals surface area (Å²) in [7, 11) is 0. The van der Waals surface area contributed by atoms with Crippen molar-refractivity contribution in [1.29, 1.82) is 5.26 Å². The first-order valence-electron chi connectivity index (χ1n) is 5.10. The first kappa shape index (κ1) is 11.7. The van der Waals surface area contributed by atoms with Crippen LogP contribution in [0.2, 0.25) is 0 Å². The lowest BCUT2D eigenvalue weighted by Crippen LogP contribution is -2.19. The van der Waals surface area contributed by atoms with Gasteiger partial charge in [0.25, 0.3) is 0 Å². The lowest BCUT2D eigenvalue weighted by atomic mass is 10.1. The van der Waals surface area contributed by atoms with Gasteiger partial charge in [-0.1, -0.05) is 12.1 Å². The van der Waals surface area contributed by atoms with E-state index in [1.165, 1.54) is 12.1 Å². The molecule has 0 aliphatic heterocycles. The minimum absolute atomic E-state index is 0.198. The Hall–Kier alpha value is -1.40. The number of unbranched alkanes of at least 4 members (excludes halogenated alkanes) is 1. The predicted octanol–water partition coefficient (Wildman–Crippen LogP) is 2.78. The Kier molecular flexibility index (Phi) is 4.79. The van der Waals surface area contributed by atoms with Crippen molar-refractivity contribution in [2.75, 3.05) is 6.54 Å². The highest BCUT2D eigenvalue weighted by molar-refractivity contribution is 5.19. The molecule has 15 heavy (non-hydrogen) atoms. The number of hydrogen-bond donors (Lipinski definition) is 1. The molecule has 0 heterocycles. The largest absolute Gasteiger partial charge is 0.310 e. The number of nitriles is 1. The second-order valence-corrected chi connectivity index (χ2v) is 3.49. The summed E-state index contributed by atoms with van der Waals surface area (Å²) < 4.78 is 12.6. The molecular weight excluding hydrogens is 191 g/mol. The van der Waals surface area contributed by atoms with E-state index in [9.17, 15) is 4.39 Å². The van der Waals surface area contributed by atoms with Crippen LogP contribution in [0, 0.1) is 17.1 Å². The summed E-state index contributed by atoms with van der Waals surface area (Å²) in [5.74, 6) is -0.213. The zero-order valence-corrected chi connectivity index (χ0v) is 8.83. The van der Waals surface area contributed by atoms with Gasteiger partial charge in [-0.25, -0.2) is 4.39 Å². The molecule has 0 saturated heterocycles. The first-order chi connectivity index (χ1) is 7.24. The van der Waals surface area contributed by atoms with Crippen LogP contribution in [0.3, 0.4) is 0 Å². The second-order valence-electron chi connectivity index (χ2n) is 3.49. The van der Waals surface area contributed by atoms with Gasteiger partial charge >= 0.3 is 0 Å². The third-order valence-electron chi connectivity index (χ3n) is 2.29. The molecule has 1 N–H and O–H groups in total. The lowest BCUT2D eigenvalue weighted by Gasteiger charge is -2.13. The second kappa shape index (κ2) is 6.15. The van der Waals surface area contributed by atoms with Crippen LogP contribution in [0.15, 0.2) is 24.3 Å². The predicted molar refractivity (Wildman–Crippen MR) is 57.7 cm³/mol. The molecule has 0 bridgehead atoms. The summed E-state index contributed by atoms with van der Waals surface area (Å²) in [6.07, 6.45) is 1.42. The highest BCUT2D eigenvalue weighted by atomic mass is 19.1. The standard InChI is InChI=1S/C12H15FN2/c1-10(15-9-3-2-8-14)11-4-6-12(13)7-5-11/h4-7,10,15H,2-3,9H2,1H3. The van der Waals surface area contributed by atoms with Crippen LogP contribution in [0.1, 0.15) is 31.4 Å². The molecule has 0 aromatic heterocycles. The van der Waals surface area contributed by atoms with Gasteiger partial charge in [0.2, 0.25) is 0 Å². The average molecular weight is 206 g/mol. The minimum atomic E-state index is -0.213. The van der Waals surface area contributed by atoms with Gasteiger partial charge in [-0.15, -0.1) is 0 Å². The molecule has 0 aliphatic carbocycles. The molecule has 0 saturated carbocycles. The molecule has 1 unspecified atom stereocenters. The van der Waals surface area contributed by atoms with Crippen molar-refractivity contribution in [1.82, 2.24) is 5.32 Å². The van der Waals surface area contributed by atoms with Crippen molar-refractivity contribution < 1.29 is 4.39 Å². The molecule has 2 nitrogen and oxygen atoms in total. The molecule has 1 rings (SSSR count). The molecule has 0 radical (unpaired) electrons.